The van der Waals surface area contributed by atoms with Crippen LogP contribution in [0.15, 0.2) is 24.3 Å². The minimum absolute atomic E-state index is 0.370. The summed E-state index contributed by atoms with van der Waals surface area (Å²) in [6.45, 7) is 7.27. The first kappa shape index (κ1) is 11.9. The van der Waals surface area contributed by atoms with Gasteiger partial charge >= 0.3 is 0 Å². The summed E-state index contributed by atoms with van der Waals surface area (Å²) in [6.07, 6.45) is 4.11. The molecule has 2 saturated carbocycles. The van der Waals surface area contributed by atoms with Crippen molar-refractivity contribution >= 4 is 11.4 Å². The summed E-state index contributed by atoms with van der Waals surface area (Å²) < 4.78 is 0. The normalized spacial score (nSPS) is 36.8. The molecule has 18 heavy (non-hydrogen) atoms. The molecular weight excluding hydrogens is 220 g/mol. The average molecular weight is 244 g/mol. The van der Waals surface area contributed by atoms with Crippen LogP contribution in [0.2, 0.25) is 0 Å². The second-order valence-corrected chi connectivity index (χ2v) is 7.08. The maximum Gasteiger partial charge on any atom is 0.0576 e. The van der Waals surface area contributed by atoms with E-state index in [1.807, 2.05) is 12.1 Å². The Balaban J connectivity index is 1.91. The fourth-order valence-corrected chi connectivity index (χ4v) is 4.45. The predicted octanol–water partition coefficient (Wildman–Crippen LogP) is 3.90. The Labute approximate surface area is 110 Å². The zero-order valence-corrected chi connectivity index (χ0v) is 11.7. The van der Waals surface area contributed by atoms with Crippen LogP contribution in [0, 0.1) is 16.7 Å². The Morgan fingerprint density at radius 3 is 2.56 bits per heavy atom. The molecular formula is C16H24N2. The molecule has 0 spiro atoms. The van der Waals surface area contributed by atoms with Gasteiger partial charge in [-0.3, -0.25) is 0 Å². The van der Waals surface area contributed by atoms with Crippen molar-refractivity contribution in [3.05, 3.63) is 24.3 Å². The van der Waals surface area contributed by atoms with Crippen LogP contribution in [0.3, 0.4) is 0 Å². The highest BCUT2D eigenvalue weighted by atomic mass is 15.0. The summed E-state index contributed by atoms with van der Waals surface area (Å²) in [5.41, 5.74) is 8.84. The summed E-state index contributed by atoms with van der Waals surface area (Å²) in [4.78, 5) is 0. The van der Waals surface area contributed by atoms with E-state index in [1.165, 1.54) is 19.3 Å². The van der Waals surface area contributed by atoms with Gasteiger partial charge in [0.2, 0.25) is 0 Å². The highest BCUT2D eigenvalue weighted by Gasteiger charge is 2.59. The van der Waals surface area contributed by atoms with Gasteiger partial charge in [0.25, 0.3) is 0 Å². The van der Waals surface area contributed by atoms with Crippen molar-refractivity contribution in [1.29, 1.82) is 0 Å². The van der Waals surface area contributed by atoms with E-state index in [-0.39, 0.29) is 0 Å². The maximum absolute atomic E-state index is 6.07. The monoisotopic (exact) mass is 244 g/mol. The van der Waals surface area contributed by atoms with Gasteiger partial charge in [0.05, 0.1) is 11.4 Å². The lowest BCUT2D eigenvalue weighted by atomic mass is 9.68. The molecule has 0 saturated heterocycles. The third-order valence-electron chi connectivity index (χ3n) is 5.53. The number of para-hydroxylation sites is 2. The number of hydrogen-bond acceptors (Lipinski definition) is 2. The van der Waals surface area contributed by atoms with Crippen molar-refractivity contribution < 1.29 is 0 Å². The first-order chi connectivity index (χ1) is 8.43. The number of nitrogens with one attached hydrogen (secondary N) is 1. The van der Waals surface area contributed by atoms with Gasteiger partial charge in [-0.2, -0.15) is 0 Å². The zero-order valence-electron chi connectivity index (χ0n) is 11.7. The van der Waals surface area contributed by atoms with Gasteiger partial charge in [-0.05, 0) is 48.1 Å². The molecule has 0 radical (unpaired) electrons. The molecule has 3 rings (SSSR count). The number of nitrogen functional groups attached to an aromatic ring is 1. The Kier molecular flexibility index (Phi) is 2.42. The lowest BCUT2D eigenvalue weighted by Crippen LogP contribution is -2.45. The zero-order chi connectivity index (χ0) is 13.0. The highest BCUT2D eigenvalue weighted by Crippen LogP contribution is 2.63. The van der Waals surface area contributed by atoms with Gasteiger partial charge in [-0.25, -0.2) is 0 Å². The van der Waals surface area contributed by atoms with Gasteiger partial charge in [0.15, 0.2) is 0 Å². The third-order valence-corrected chi connectivity index (χ3v) is 5.53. The Bertz CT molecular complexity index is 461. The Morgan fingerprint density at radius 2 is 1.94 bits per heavy atom. The minimum atomic E-state index is 0.370. The van der Waals surface area contributed by atoms with Gasteiger partial charge in [-0.1, -0.05) is 32.9 Å². The summed E-state index contributed by atoms with van der Waals surface area (Å²) >= 11 is 0. The molecule has 3 N–H and O–H groups in total. The van der Waals surface area contributed by atoms with E-state index in [0.717, 1.165) is 17.3 Å². The van der Waals surface area contributed by atoms with Crippen LogP contribution in [0.4, 0.5) is 11.4 Å². The van der Waals surface area contributed by atoms with Crippen LogP contribution < -0.4 is 11.1 Å². The SMILES string of the molecule is CC12CCC(C1)C(C)(C)C2Nc1ccccc1N. The van der Waals surface area contributed by atoms with Gasteiger partial charge in [-0.15, -0.1) is 0 Å². The maximum atomic E-state index is 6.07. The molecule has 2 nitrogen and oxygen atoms in total. The van der Waals surface area contributed by atoms with Crippen LogP contribution in [0.1, 0.15) is 40.0 Å². The molecule has 1 aromatic rings. The molecule has 2 aliphatic carbocycles. The van der Waals surface area contributed by atoms with Crippen LogP contribution in [0.25, 0.3) is 0 Å². The van der Waals surface area contributed by atoms with Crippen LogP contribution >= 0.6 is 0 Å². The molecule has 1 aromatic carbocycles. The smallest absolute Gasteiger partial charge is 0.0576 e. The van der Waals surface area contributed by atoms with Crippen molar-refractivity contribution in [2.24, 2.45) is 16.7 Å². The highest BCUT2D eigenvalue weighted by molar-refractivity contribution is 5.66. The molecule has 0 heterocycles. The fraction of sp³-hybridized carbons (Fsp3) is 0.625. The number of fused-ring (bicyclic) bond motifs is 2. The lowest BCUT2D eigenvalue weighted by Gasteiger charge is -2.43. The van der Waals surface area contributed by atoms with Crippen molar-refractivity contribution in [3.63, 3.8) is 0 Å². The topological polar surface area (TPSA) is 38.0 Å². The minimum Gasteiger partial charge on any atom is -0.397 e. The predicted molar refractivity (Wildman–Crippen MR) is 77.5 cm³/mol. The van der Waals surface area contributed by atoms with Crippen LogP contribution in [-0.4, -0.2) is 6.04 Å². The summed E-state index contributed by atoms with van der Waals surface area (Å²) in [6, 6.07) is 8.66. The van der Waals surface area contributed by atoms with E-state index < -0.39 is 0 Å². The number of hydrogen-bond donors (Lipinski definition) is 2. The second kappa shape index (κ2) is 3.66. The van der Waals surface area contributed by atoms with Crippen LogP contribution in [-0.2, 0) is 0 Å². The van der Waals surface area contributed by atoms with E-state index in [4.69, 9.17) is 5.73 Å². The Morgan fingerprint density at radius 1 is 1.22 bits per heavy atom. The summed E-state index contributed by atoms with van der Waals surface area (Å²) in [7, 11) is 0. The largest absolute Gasteiger partial charge is 0.397 e. The number of benzene rings is 1. The number of nitrogens with two attached hydrogens (primary N) is 1. The second-order valence-electron chi connectivity index (χ2n) is 7.08. The standard InChI is InChI=1S/C16H24N2/c1-15(2)11-8-9-16(3,10-11)14(15)18-13-7-5-4-6-12(13)17/h4-7,11,14,18H,8-10,17H2,1-3H3. The molecule has 2 heteroatoms. The molecule has 3 unspecified atom stereocenters. The quantitative estimate of drug-likeness (QED) is 0.774. The van der Waals surface area contributed by atoms with Gasteiger partial charge in [0, 0.05) is 6.04 Å². The van der Waals surface area contributed by atoms with Crippen LogP contribution in [0.5, 0.6) is 0 Å². The molecule has 0 amide bonds. The molecule has 0 aliphatic heterocycles. The first-order valence-corrected chi connectivity index (χ1v) is 7.04. The third kappa shape index (κ3) is 1.54. The number of anilines is 2. The van der Waals surface area contributed by atoms with E-state index in [1.54, 1.807) is 0 Å². The first-order valence-electron chi connectivity index (χ1n) is 7.04. The molecule has 2 bridgehead atoms. The van der Waals surface area contributed by atoms with Crippen molar-refractivity contribution in [3.8, 4) is 0 Å². The molecule has 0 aromatic heterocycles. The Hall–Kier alpha value is -1.18. The molecule has 2 aliphatic rings. The van der Waals surface area contributed by atoms with Crippen molar-refractivity contribution in [1.82, 2.24) is 0 Å². The van der Waals surface area contributed by atoms with Gasteiger partial charge in [0.1, 0.15) is 0 Å². The molecule has 98 valence electrons. The molecule has 3 atom stereocenters. The van der Waals surface area contributed by atoms with Crippen molar-refractivity contribution in [2.75, 3.05) is 11.1 Å². The van der Waals surface area contributed by atoms with E-state index in [2.05, 4.69) is 38.2 Å². The van der Waals surface area contributed by atoms with E-state index >= 15 is 0 Å². The summed E-state index contributed by atoms with van der Waals surface area (Å²) in [5, 5.41) is 3.75. The lowest BCUT2D eigenvalue weighted by molar-refractivity contribution is 0.155. The number of rotatable bonds is 2. The van der Waals surface area contributed by atoms with E-state index in [9.17, 15) is 0 Å². The molecule has 2 fully saturated rings. The van der Waals surface area contributed by atoms with E-state index in [0.29, 0.717) is 16.9 Å². The average Bonchev–Trinajstić information content (AvgIpc) is 2.78. The summed E-state index contributed by atoms with van der Waals surface area (Å²) in [5.74, 6) is 0.866. The van der Waals surface area contributed by atoms with Crippen molar-refractivity contribution in [2.45, 2.75) is 46.1 Å². The van der Waals surface area contributed by atoms with Gasteiger partial charge < -0.3 is 11.1 Å². The fourth-order valence-electron chi connectivity index (χ4n) is 4.45.